The van der Waals surface area contributed by atoms with Crippen molar-refractivity contribution in [2.24, 2.45) is 0 Å². The smallest absolute Gasteiger partial charge is 0.232 e. The molecule has 3 heteroatoms. The highest BCUT2D eigenvalue weighted by Crippen LogP contribution is 2.45. The van der Waals surface area contributed by atoms with Crippen molar-refractivity contribution in [2.75, 3.05) is 12.8 Å². The average Bonchev–Trinajstić information content (AvgIpc) is 2.27. The van der Waals surface area contributed by atoms with Crippen molar-refractivity contribution < 1.29 is 9.09 Å². The Labute approximate surface area is 91.4 Å². The molecule has 0 aliphatic carbocycles. The Morgan fingerprint density at radius 3 is 2.47 bits per heavy atom. The van der Waals surface area contributed by atoms with E-state index in [1.807, 2.05) is 44.2 Å². The monoisotopic (exact) mass is 224 g/mol. The first-order chi connectivity index (χ1) is 7.08. The van der Waals surface area contributed by atoms with Crippen LogP contribution in [0.4, 0.5) is 0 Å². The molecule has 0 saturated heterocycles. The highest BCUT2D eigenvalue weighted by atomic mass is 31.2. The summed E-state index contributed by atoms with van der Waals surface area (Å²) in [5.74, 6) is 0. The van der Waals surface area contributed by atoms with Gasteiger partial charge in [-0.25, -0.2) is 0 Å². The van der Waals surface area contributed by atoms with E-state index in [0.717, 1.165) is 10.9 Å². The van der Waals surface area contributed by atoms with Gasteiger partial charge in [-0.15, -0.1) is 0 Å². The lowest BCUT2D eigenvalue weighted by Crippen LogP contribution is -2.09. The lowest BCUT2D eigenvalue weighted by Gasteiger charge is -2.17. The highest BCUT2D eigenvalue weighted by molar-refractivity contribution is 7.66. The van der Waals surface area contributed by atoms with Crippen molar-refractivity contribution in [3.63, 3.8) is 0 Å². The number of hydrogen-bond acceptors (Lipinski definition) is 2. The normalized spacial score (nSPS) is 14.5. The van der Waals surface area contributed by atoms with E-state index >= 15 is 0 Å². The zero-order valence-corrected chi connectivity index (χ0v) is 10.2. The van der Waals surface area contributed by atoms with Gasteiger partial charge < -0.3 is 4.52 Å². The molecule has 0 saturated carbocycles. The van der Waals surface area contributed by atoms with Crippen LogP contribution in [-0.4, -0.2) is 12.8 Å². The molecule has 0 aromatic heterocycles. The summed E-state index contributed by atoms with van der Waals surface area (Å²) in [5, 5.41) is 0.786. The fourth-order valence-electron chi connectivity index (χ4n) is 1.22. The molecular formula is C12H17O2P. The maximum Gasteiger partial charge on any atom is 0.232 e. The molecule has 0 amide bonds. The third-order valence-electron chi connectivity index (χ3n) is 2.09. The first kappa shape index (κ1) is 12.2. The van der Waals surface area contributed by atoms with Crippen molar-refractivity contribution in [2.45, 2.75) is 13.8 Å². The van der Waals surface area contributed by atoms with Crippen molar-refractivity contribution in [1.82, 2.24) is 0 Å². The first-order valence-electron chi connectivity index (χ1n) is 5.02. The standard InChI is InChI=1S/C12H17O2P/c1-4-15(13,14-10-11(2)3)12-8-6-5-7-9-12/h5-9H,2,4,10H2,1,3H3. The van der Waals surface area contributed by atoms with Crippen molar-refractivity contribution in [3.8, 4) is 0 Å². The third-order valence-corrected chi connectivity index (χ3v) is 4.55. The Morgan fingerprint density at radius 1 is 1.40 bits per heavy atom. The fraction of sp³-hybridized carbons (Fsp3) is 0.333. The van der Waals surface area contributed by atoms with Gasteiger partial charge in [0.15, 0.2) is 0 Å². The minimum atomic E-state index is -2.67. The van der Waals surface area contributed by atoms with Crippen LogP contribution in [0.25, 0.3) is 0 Å². The molecule has 82 valence electrons. The van der Waals surface area contributed by atoms with Gasteiger partial charge >= 0.3 is 0 Å². The summed E-state index contributed by atoms with van der Waals surface area (Å²) in [6, 6.07) is 9.36. The van der Waals surface area contributed by atoms with Crippen LogP contribution in [-0.2, 0) is 9.09 Å². The van der Waals surface area contributed by atoms with Gasteiger partial charge in [0.25, 0.3) is 0 Å². The Kier molecular flexibility index (Phi) is 4.31. The van der Waals surface area contributed by atoms with Crippen molar-refractivity contribution in [1.29, 1.82) is 0 Å². The molecule has 0 bridgehead atoms. The van der Waals surface area contributed by atoms with Gasteiger partial charge in [0.1, 0.15) is 0 Å². The zero-order chi connectivity index (χ0) is 11.3. The Balaban J connectivity index is 2.86. The molecule has 1 atom stereocenters. The van der Waals surface area contributed by atoms with E-state index in [4.69, 9.17) is 4.52 Å². The van der Waals surface area contributed by atoms with Gasteiger partial charge in [-0.2, -0.15) is 0 Å². The van der Waals surface area contributed by atoms with Crippen LogP contribution >= 0.6 is 7.37 Å². The second-order valence-electron chi connectivity index (χ2n) is 3.56. The summed E-state index contributed by atoms with van der Waals surface area (Å²) >= 11 is 0. The van der Waals surface area contributed by atoms with Gasteiger partial charge in [0.2, 0.25) is 7.37 Å². The summed E-state index contributed by atoms with van der Waals surface area (Å²) in [7, 11) is -2.67. The SMILES string of the molecule is C=C(C)COP(=O)(CC)c1ccccc1. The van der Waals surface area contributed by atoms with E-state index in [1.54, 1.807) is 0 Å². The van der Waals surface area contributed by atoms with Gasteiger partial charge in [-0.3, -0.25) is 4.57 Å². The van der Waals surface area contributed by atoms with Crippen molar-refractivity contribution >= 4 is 12.7 Å². The predicted octanol–water partition coefficient (Wildman–Crippen LogP) is 3.20. The lowest BCUT2D eigenvalue weighted by molar-refractivity contribution is 0.352. The highest BCUT2D eigenvalue weighted by Gasteiger charge is 2.22. The molecule has 1 rings (SSSR count). The number of rotatable bonds is 5. The Bertz CT molecular complexity index is 370. The minimum Gasteiger partial charge on any atom is -0.321 e. The van der Waals surface area contributed by atoms with Crippen LogP contribution in [0.15, 0.2) is 42.5 Å². The summed E-state index contributed by atoms with van der Waals surface area (Å²) < 4.78 is 17.9. The molecule has 1 unspecified atom stereocenters. The van der Waals surface area contributed by atoms with Crippen LogP contribution in [0.1, 0.15) is 13.8 Å². The van der Waals surface area contributed by atoms with E-state index in [2.05, 4.69) is 6.58 Å². The van der Waals surface area contributed by atoms with Crippen LogP contribution in [0.2, 0.25) is 0 Å². The molecule has 0 spiro atoms. The Morgan fingerprint density at radius 2 is 2.00 bits per heavy atom. The molecule has 0 fully saturated rings. The third kappa shape index (κ3) is 3.33. The van der Waals surface area contributed by atoms with Gasteiger partial charge in [0.05, 0.1) is 6.61 Å². The summed E-state index contributed by atoms with van der Waals surface area (Å²) in [6.45, 7) is 7.85. The van der Waals surface area contributed by atoms with E-state index in [1.165, 1.54) is 0 Å². The average molecular weight is 224 g/mol. The lowest BCUT2D eigenvalue weighted by atomic mass is 10.4. The van der Waals surface area contributed by atoms with Gasteiger partial charge in [-0.1, -0.05) is 37.3 Å². The summed E-state index contributed by atoms with van der Waals surface area (Å²) in [4.78, 5) is 0. The molecular weight excluding hydrogens is 207 g/mol. The van der Waals surface area contributed by atoms with Crippen LogP contribution in [0.5, 0.6) is 0 Å². The first-order valence-corrected chi connectivity index (χ1v) is 6.83. The zero-order valence-electron chi connectivity index (χ0n) is 9.27. The quantitative estimate of drug-likeness (QED) is 0.567. The number of benzene rings is 1. The molecule has 15 heavy (non-hydrogen) atoms. The molecule has 0 aliphatic rings. The second kappa shape index (κ2) is 5.29. The van der Waals surface area contributed by atoms with E-state index in [9.17, 15) is 4.57 Å². The second-order valence-corrected chi connectivity index (χ2v) is 6.31. The van der Waals surface area contributed by atoms with E-state index in [-0.39, 0.29) is 0 Å². The van der Waals surface area contributed by atoms with E-state index in [0.29, 0.717) is 12.8 Å². The fourth-order valence-corrected chi connectivity index (χ4v) is 2.97. The Hall–Kier alpha value is -0.850. The molecule has 0 heterocycles. The van der Waals surface area contributed by atoms with Crippen LogP contribution in [0.3, 0.4) is 0 Å². The maximum atomic E-state index is 12.4. The molecule has 1 aromatic carbocycles. The van der Waals surface area contributed by atoms with Gasteiger partial charge in [-0.05, 0) is 19.1 Å². The molecule has 0 N–H and O–H groups in total. The maximum absolute atomic E-state index is 12.4. The van der Waals surface area contributed by atoms with Crippen LogP contribution in [0, 0.1) is 0 Å². The predicted molar refractivity (Wildman–Crippen MR) is 65.0 cm³/mol. The molecule has 0 radical (unpaired) electrons. The van der Waals surface area contributed by atoms with E-state index < -0.39 is 7.37 Å². The molecule has 1 aromatic rings. The van der Waals surface area contributed by atoms with Crippen molar-refractivity contribution in [3.05, 3.63) is 42.5 Å². The molecule has 2 nitrogen and oxygen atoms in total. The van der Waals surface area contributed by atoms with Crippen LogP contribution < -0.4 is 5.30 Å². The summed E-state index contributed by atoms with van der Waals surface area (Å²) in [5.41, 5.74) is 0.889. The molecule has 0 aliphatic heterocycles. The largest absolute Gasteiger partial charge is 0.321 e. The summed E-state index contributed by atoms with van der Waals surface area (Å²) in [6.07, 6.45) is 0.518. The minimum absolute atomic E-state index is 0.361. The number of hydrogen-bond donors (Lipinski definition) is 0. The topological polar surface area (TPSA) is 26.3 Å². The van der Waals surface area contributed by atoms with Gasteiger partial charge in [0, 0.05) is 11.5 Å².